The molecule has 1 unspecified atom stereocenters. The predicted molar refractivity (Wildman–Crippen MR) is 76.2 cm³/mol. The van der Waals surface area contributed by atoms with Crippen LogP contribution in [0.3, 0.4) is 0 Å². The van der Waals surface area contributed by atoms with Gasteiger partial charge in [-0.3, -0.25) is 0 Å². The van der Waals surface area contributed by atoms with Crippen LogP contribution in [-0.4, -0.2) is 9.13 Å². The minimum Gasteiger partial charge on any atom is -0.305 e. The van der Waals surface area contributed by atoms with E-state index < -0.39 is 0 Å². The van der Waals surface area contributed by atoms with Crippen molar-refractivity contribution >= 4 is 28.3 Å². The molecule has 2 heteroatoms. The normalized spacial score (nSPS) is 27.3. The topological polar surface area (TPSA) is 23.9 Å². The maximum Gasteiger partial charge on any atom is 0.0358 e. The number of hydrogen-bond donors (Lipinski definition) is 1. The highest BCUT2D eigenvalue weighted by Gasteiger charge is 2.30. The minimum atomic E-state index is 0.288. The Balaban J connectivity index is 2.86. The fourth-order valence-corrected chi connectivity index (χ4v) is 3.16. The molecule has 0 amide bonds. The molecule has 0 saturated carbocycles. The van der Waals surface area contributed by atoms with Gasteiger partial charge in [-0.25, -0.2) is 0 Å². The van der Waals surface area contributed by atoms with Crippen LogP contribution in [0.5, 0.6) is 0 Å². The monoisotopic (exact) mass is 319 g/mol. The van der Waals surface area contributed by atoms with E-state index in [1.54, 1.807) is 0 Å². The van der Waals surface area contributed by atoms with E-state index in [9.17, 15) is 0 Å². The molecular weight excluding hydrogens is 297 g/mol. The Hall–Kier alpha value is 0.140. The summed E-state index contributed by atoms with van der Waals surface area (Å²) < 4.78 is 0.288. The summed E-state index contributed by atoms with van der Waals surface area (Å²) in [6.07, 6.45) is 6.86. The average Bonchev–Trinajstić information content (AvgIpc) is 2.14. The number of nitrogens with one attached hydrogen (secondary N) is 1. The first-order valence-corrected chi connectivity index (χ1v) is 7.05. The lowest BCUT2D eigenvalue weighted by atomic mass is 9.80. The summed E-state index contributed by atoms with van der Waals surface area (Å²) in [5.74, 6) is 0. The SMILES string of the molecule is CCCCC1=C(CC)CC(C)(I)CC1=N. The van der Waals surface area contributed by atoms with Gasteiger partial charge in [0, 0.05) is 15.6 Å². The van der Waals surface area contributed by atoms with Gasteiger partial charge in [0.25, 0.3) is 0 Å². The van der Waals surface area contributed by atoms with Crippen molar-refractivity contribution in [3.8, 4) is 0 Å². The molecule has 1 N–H and O–H groups in total. The van der Waals surface area contributed by atoms with Gasteiger partial charge in [0.05, 0.1) is 0 Å². The van der Waals surface area contributed by atoms with E-state index in [1.807, 2.05) is 0 Å². The summed E-state index contributed by atoms with van der Waals surface area (Å²) in [6.45, 7) is 6.72. The second-order valence-corrected chi connectivity index (χ2v) is 7.39. The van der Waals surface area contributed by atoms with Crippen LogP contribution in [0.15, 0.2) is 11.1 Å². The molecule has 1 nitrogen and oxygen atoms in total. The number of rotatable bonds is 4. The fraction of sp³-hybridized carbons (Fsp3) is 0.769. The van der Waals surface area contributed by atoms with Crippen LogP contribution in [0.25, 0.3) is 0 Å². The predicted octanol–water partition coefficient (Wildman–Crippen LogP) is 4.89. The lowest BCUT2D eigenvalue weighted by molar-refractivity contribution is 0.644. The molecule has 0 spiro atoms. The molecule has 0 aromatic rings. The molecule has 86 valence electrons. The van der Waals surface area contributed by atoms with E-state index in [2.05, 4.69) is 43.4 Å². The first-order chi connectivity index (χ1) is 7.00. The Labute approximate surface area is 107 Å². The second-order valence-electron chi connectivity index (χ2n) is 4.78. The van der Waals surface area contributed by atoms with Crippen molar-refractivity contribution in [1.29, 1.82) is 5.41 Å². The van der Waals surface area contributed by atoms with Crippen molar-refractivity contribution in [1.82, 2.24) is 0 Å². The maximum atomic E-state index is 8.15. The first kappa shape index (κ1) is 13.2. The molecule has 0 fully saturated rings. The number of alkyl halides is 1. The minimum absolute atomic E-state index is 0.288. The van der Waals surface area contributed by atoms with Crippen molar-refractivity contribution in [2.45, 2.75) is 62.7 Å². The summed E-state index contributed by atoms with van der Waals surface area (Å²) in [4.78, 5) is 0. The van der Waals surface area contributed by atoms with Crippen LogP contribution in [0.4, 0.5) is 0 Å². The van der Waals surface area contributed by atoms with Gasteiger partial charge in [-0.2, -0.15) is 0 Å². The van der Waals surface area contributed by atoms with Gasteiger partial charge in [0.2, 0.25) is 0 Å². The van der Waals surface area contributed by atoms with Gasteiger partial charge in [-0.05, 0) is 38.2 Å². The molecule has 0 bridgehead atoms. The Morgan fingerprint density at radius 2 is 2.00 bits per heavy atom. The molecule has 1 rings (SSSR count). The van der Waals surface area contributed by atoms with Gasteiger partial charge in [0.15, 0.2) is 0 Å². The molecule has 0 aromatic carbocycles. The van der Waals surface area contributed by atoms with Gasteiger partial charge < -0.3 is 5.41 Å². The molecule has 0 aromatic heterocycles. The summed E-state index contributed by atoms with van der Waals surface area (Å²) in [7, 11) is 0. The second kappa shape index (κ2) is 5.46. The average molecular weight is 319 g/mol. The van der Waals surface area contributed by atoms with Crippen molar-refractivity contribution < 1.29 is 0 Å². The van der Waals surface area contributed by atoms with Crippen LogP contribution in [0, 0.1) is 5.41 Å². The first-order valence-electron chi connectivity index (χ1n) is 5.97. The van der Waals surface area contributed by atoms with Crippen molar-refractivity contribution in [3.05, 3.63) is 11.1 Å². The Kier molecular flexibility index (Phi) is 4.81. The lowest BCUT2D eigenvalue weighted by Gasteiger charge is -2.32. The van der Waals surface area contributed by atoms with Crippen LogP contribution in [0.2, 0.25) is 0 Å². The van der Waals surface area contributed by atoms with Crippen LogP contribution in [-0.2, 0) is 0 Å². The van der Waals surface area contributed by atoms with Gasteiger partial charge >= 0.3 is 0 Å². The van der Waals surface area contributed by atoms with Gasteiger partial charge in [-0.15, -0.1) is 0 Å². The van der Waals surface area contributed by atoms with E-state index in [0.29, 0.717) is 0 Å². The molecule has 0 saturated heterocycles. The molecule has 15 heavy (non-hydrogen) atoms. The maximum absolute atomic E-state index is 8.15. The van der Waals surface area contributed by atoms with Crippen molar-refractivity contribution in [2.24, 2.45) is 0 Å². The third-order valence-electron chi connectivity index (χ3n) is 3.13. The van der Waals surface area contributed by atoms with E-state index in [1.165, 1.54) is 30.4 Å². The van der Waals surface area contributed by atoms with Crippen LogP contribution >= 0.6 is 22.6 Å². The number of halogens is 1. The summed E-state index contributed by atoms with van der Waals surface area (Å²) in [5.41, 5.74) is 3.83. The van der Waals surface area contributed by atoms with Gasteiger partial charge in [-0.1, -0.05) is 48.4 Å². The van der Waals surface area contributed by atoms with E-state index in [0.717, 1.165) is 25.0 Å². The lowest BCUT2D eigenvalue weighted by Crippen LogP contribution is -2.28. The zero-order valence-corrected chi connectivity index (χ0v) is 12.3. The molecule has 0 radical (unpaired) electrons. The highest BCUT2D eigenvalue weighted by atomic mass is 127. The standard InChI is InChI=1S/C13H22IN/c1-4-6-7-11-10(5-2)8-13(3,14)9-12(11)15/h15H,4-9H2,1-3H3. The third kappa shape index (κ3) is 3.58. The summed E-state index contributed by atoms with van der Waals surface area (Å²) >= 11 is 2.52. The number of allylic oxidation sites excluding steroid dienone is 2. The zero-order chi connectivity index (χ0) is 11.5. The molecule has 1 aliphatic carbocycles. The third-order valence-corrected chi connectivity index (χ3v) is 3.89. The van der Waals surface area contributed by atoms with Crippen molar-refractivity contribution in [2.75, 3.05) is 0 Å². The molecule has 0 heterocycles. The van der Waals surface area contributed by atoms with Crippen LogP contribution < -0.4 is 0 Å². The Morgan fingerprint density at radius 3 is 2.53 bits per heavy atom. The quantitative estimate of drug-likeness (QED) is 0.563. The highest BCUT2D eigenvalue weighted by molar-refractivity contribution is 14.1. The largest absolute Gasteiger partial charge is 0.305 e. The summed E-state index contributed by atoms with van der Waals surface area (Å²) in [5, 5.41) is 8.15. The fourth-order valence-electron chi connectivity index (χ4n) is 2.32. The van der Waals surface area contributed by atoms with E-state index >= 15 is 0 Å². The van der Waals surface area contributed by atoms with E-state index in [-0.39, 0.29) is 3.42 Å². The number of unbranched alkanes of at least 4 members (excludes halogenated alkanes) is 1. The summed E-state index contributed by atoms with van der Waals surface area (Å²) in [6, 6.07) is 0. The Morgan fingerprint density at radius 1 is 1.33 bits per heavy atom. The molecular formula is C13H22IN. The zero-order valence-electron chi connectivity index (χ0n) is 10.1. The smallest absolute Gasteiger partial charge is 0.0358 e. The number of hydrogen-bond acceptors (Lipinski definition) is 1. The Bertz CT molecular complexity index is 276. The molecule has 0 aliphatic heterocycles. The van der Waals surface area contributed by atoms with Gasteiger partial charge in [0.1, 0.15) is 0 Å². The highest BCUT2D eigenvalue weighted by Crippen LogP contribution is 2.39. The molecule has 1 aliphatic rings. The van der Waals surface area contributed by atoms with Crippen LogP contribution in [0.1, 0.15) is 59.3 Å². The molecule has 1 atom stereocenters. The van der Waals surface area contributed by atoms with E-state index in [4.69, 9.17) is 5.41 Å². The van der Waals surface area contributed by atoms with Crippen molar-refractivity contribution in [3.63, 3.8) is 0 Å².